The highest BCUT2D eigenvalue weighted by Crippen LogP contribution is 2.35. The summed E-state index contributed by atoms with van der Waals surface area (Å²) in [6.07, 6.45) is 4.59. The molecule has 2 aromatic rings. The van der Waals surface area contributed by atoms with Crippen LogP contribution in [0.5, 0.6) is 0 Å². The Kier molecular flexibility index (Phi) is 10.4. The predicted molar refractivity (Wildman–Crippen MR) is 122 cm³/mol. The molecule has 0 radical (unpaired) electrons. The summed E-state index contributed by atoms with van der Waals surface area (Å²) in [5, 5.41) is 30.1. The number of carboxylic acid groups (broad SMARTS) is 1. The van der Waals surface area contributed by atoms with E-state index in [2.05, 4.69) is 29.6 Å². The lowest BCUT2D eigenvalue weighted by Gasteiger charge is -2.14. The van der Waals surface area contributed by atoms with E-state index in [0.29, 0.717) is 12.7 Å². The predicted octanol–water partition coefficient (Wildman–Crippen LogP) is 4.47. The van der Waals surface area contributed by atoms with Crippen LogP contribution in [0.3, 0.4) is 0 Å². The number of nitrogens with one attached hydrogen (secondary N) is 1. The summed E-state index contributed by atoms with van der Waals surface area (Å²) in [4.78, 5) is 10.8. The standard InChI is InChI=1S/C14H14ClN.C9H17BO4/c1-16-10-11-2-4-12(5-3-11)13-6-8-14(15)9-7-13;11-9(12)8-5-1-3-7(8)4-2-6-10(13)14/h2-9,16H,10H2,1H3;7-8,13-14H,1-6H2,(H,11,12). The first-order chi connectivity index (χ1) is 14.4. The molecule has 2 unspecified atom stereocenters. The van der Waals surface area contributed by atoms with Crippen LogP contribution < -0.4 is 5.32 Å². The Bertz CT molecular complexity index is 768. The molecule has 162 valence electrons. The average Bonchev–Trinajstić information content (AvgIpc) is 3.19. The average molecular weight is 432 g/mol. The molecule has 0 amide bonds. The van der Waals surface area contributed by atoms with Crippen LogP contribution >= 0.6 is 11.6 Å². The van der Waals surface area contributed by atoms with Crippen molar-refractivity contribution in [2.45, 2.75) is 45.0 Å². The number of benzene rings is 2. The second-order valence-corrected chi connectivity index (χ2v) is 8.22. The van der Waals surface area contributed by atoms with Crippen LogP contribution in [-0.4, -0.2) is 35.3 Å². The highest BCUT2D eigenvalue weighted by Gasteiger charge is 2.32. The normalized spacial score (nSPS) is 17.9. The van der Waals surface area contributed by atoms with Crippen molar-refractivity contribution in [3.05, 3.63) is 59.1 Å². The van der Waals surface area contributed by atoms with Crippen LogP contribution in [0.15, 0.2) is 48.5 Å². The van der Waals surface area contributed by atoms with Gasteiger partial charge in [-0.1, -0.05) is 67.3 Å². The Morgan fingerprint density at radius 3 is 2.20 bits per heavy atom. The molecule has 1 aliphatic rings. The number of hydrogen-bond donors (Lipinski definition) is 4. The molecule has 0 heterocycles. The summed E-state index contributed by atoms with van der Waals surface area (Å²) in [5.41, 5.74) is 3.71. The first kappa shape index (κ1) is 24.4. The van der Waals surface area contributed by atoms with E-state index in [1.807, 2.05) is 31.3 Å². The largest absolute Gasteiger partial charge is 0.481 e. The molecule has 1 saturated carbocycles. The zero-order chi connectivity index (χ0) is 21.9. The Hall–Kier alpha value is -1.86. The number of hydrogen-bond acceptors (Lipinski definition) is 4. The maximum atomic E-state index is 10.8. The van der Waals surface area contributed by atoms with Gasteiger partial charge >= 0.3 is 13.1 Å². The van der Waals surface area contributed by atoms with Crippen molar-refractivity contribution in [2.75, 3.05) is 7.05 Å². The van der Waals surface area contributed by atoms with Crippen molar-refractivity contribution in [1.82, 2.24) is 5.32 Å². The second-order valence-electron chi connectivity index (χ2n) is 7.78. The first-order valence-corrected chi connectivity index (χ1v) is 10.9. The van der Waals surface area contributed by atoms with Gasteiger partial charge in [-0.2, -0.15) is 0 Å². The molecule has 0 spiro atoms. The van der Waals surface area contributed by atoms with Gasteiger partial charge in [0.25, 0.3) is 0 Å². The number of halogens is 1. The fraction of sp³-hybridized carbons (Fsp3) is 0.435. The van der Waals surface area contributed by atoms with E-state index < -0.39 is 13.1 Å². The number of carboxylic acids is 1. The van der Waals surface area contributed by atoms with E-state index in [-0.39, 0.29) is 11.8 Å². The zero-order valence-corrected chi connectivity index (χ0v) is 18.2. The molecule has 0 aromatic heterocycles. The molecule has 0 aliphatic heterocycles. The van der Waals surface area contributed by atoms with Crippen LogP contribution in [-0.2, 0) is 11.3 Å². The van der Waals surface area contributed by atoms with E-state index in [4.69, 9.17) is 26.8 Å². The quantitative estimate of drug-likeness (QED) is 0.463. The van der Waals surface area contributed by atoms with E-state index >= 15 is 0 Å². The summed E-state index contributed by atoms with van der Waals surface area (Å²) in [6, 6.07) is 16.5. The highest BCUT2D eigenvalue weighted by atomic mass is 35.5. The second kappa shape index (κ2) is 12.8. The van der Waals surface area contributed by atoms with Crippen molar-refractivity contribution >= 4 is 24.7 Å². The highest BCUT2D eigenvalue weighted by molar-refractivity contribution is 6.40. The Labute approximate surface area is 184 Å². The molecular formula is C23H31BClNO4. The van der Waals surface area contributed by atoms with Gasteiger partial charge in [0, 0.05) is 11.6 Å². The summed E-state index contributed by atoms with van der Waals surface area (Å²) < 4.78 is 0. The molecule has 0 bridgehead atoms. The van der Waals surface area contributed by atoms with Crippen LogP contribution in [0.4, 0.5) is 0 Å². The summed E-state index contributed by atoms with van der Waals surface area (Å²) >= 11 is 5.86. The summed E-state index contributed by atoms with van der Waals surface area (Å²) in [5.74, 6) is -0.658. The lowest BCUT2D eigenvalue weighted by atomic mass is 9.80. The van der Waals surface area contributed by atoms with Gasteiger partial charge in [-0.3, -0.25) is 4.79 Å². The zero-order valence-electron chi connectivity index (χ0n) is 17.4. The Balaban J connectivity index is 0.000000216. The van der Waals surface area contributed by atoms with Crippen LogP contribution in [0.1, 0.15) is 37.7 Å². The lowest BCUT2D eigenvalue weighted by molar-refractivity contribution is -0.143. The van der Waals surface area contributed by atoms with Crippen molar-refractivity contribution < 1.29 is 19.9 Å². The van der Waals surface area contributed by atoms with Crippen molar-refractivity contribution in [2.24, 2.45) is 11.8 Å². The van der Waals surface area contributed by atoms with Crippen molar-refractivity contribution in [3.8, 4) is 11.1 Å². The van der Waals surface area contributed by atoms with Crippen LogP contribution in [0.2, 0.25) is 11.3 Å². The molecule has 5 nitrogen and oxygen atoms in total. The molecular weight excluding hydrogens is 401 g/mol. The lowest BCUT2D eigenvalue weighted by Crippen LogP contribution is -2.19. The van der Waals surface area contributed by atoms with Crippen molar-refractivity contribution in [3.63, 3.8) is 0 Å². The fourth-order valence-electron chi connectivity index (χ4n) is 3.93. The first-order valence-electron chi connectivity index (χ1n) is 10.5. The monoisotopic (exact) mass is 431 g/mol. The van der Waals surface area contributed by atoms with E-state index in [0.717, 1.165) is 37.3 Å². The van der Waals surface area contributed by atoms with Gasteiger partial charge in [0.2, 0.25) is 0 Å². The van der Waals surface area contributed by atoms with Gasteiger partial charge in [-0.05, 0) is 61.0 Å². The molecule has 2 atom stereocenters. The Morgan fingerprint density at radius 1 is 1.07 bits per heavy atom. The van der Waals surface area contributed by atoms with Gasteiger partial charge in [-0.15, -0.1) is 0 Å². The number of carbonyl (C=O) groups is 1. The minimum Gasteiger partial charge on any atom is -0.481 e. The molecule has 1 aliphatic carbocycles. The van der Waals surface area contributed by atoms with E-state index in [1.54, 1.807) is 0 Å². The third-order valence-corrected chi connectivity index (χ3v) is 5.78. The molecule has 0 saturated heterocycles. The minimum absolute atomic E-state index is 0.203. The third kappa shape index (κ3) is 8.11. The van der Waals surface area contributed by atoms with Crippen LogP contribution in [0, 0.1) is 11.8 Å². The topological polar surface area (TPSA) is 89.8 Å². The SMILES string of the molecule is CNCc1ccc(-c2ccc(Cl)cc2)cc1.O=C(O)C1CCCC1CCCB(O)O. The molecule has 30 heavy (non-hydrogen) atoms. The number of rotatable bonds is 8. The Morgan fingerprint density at radius 2 is 1.67 bits per heavy atom. The van der Waals surface area contributed by atoms with E-state index in [9.17, 15) is 4.79 Å². The maximum Gasteiger partial charge on any atom is 0.451 e. The van der Waals surface area contributed by atoms with Gasteiger partial charge in [0.05, 0.1) is 5.92 Å². The molecule has 1 fully saturated rings. The van der Waals surface area contributed by atoms with Gasteiger partial charge in [0.15, 0.2) is 0 Å². The maximum absolute atomic E-state index is 10.8. The molecule has 7 heteroatoms. The van der Waals surface area contributed by atoms with Gasteiger partial charge < -0.3 is 20.5 Å². The number of aliphatic carboxylic acids is 1. The van der Waals surface area contributed by atoms with E-state index in [1.165, 1.54) is 16.7 Å². The minimum atomic E-state index is -1.25. The molecule has 3 rings (SSSR count). The fourth-order valence-corrected chi connectivity index (χ4v) is 4.06. The van der Waals surface area contributed by atoms with Crippen molar-refractivity contribution in [1.29, 1.82) is 0 Å². The van der Waals surface area contributed by atoms with Gasteiger partial charge in [-0.25, -0.2) is 0 Å². The summed E-state index contributed by atoms with van der Waals surface area (Å²) in [6.45, 7) is 0.904. The van der Waals surface area contributed by atoms with Gasteiger partial charge in [0.1, 0.15) is 0 Å². The summed E-state index contributed by atoms with van der Waals surface area (Å²) in [7, 11) is 0.701. The smallest absolute Gasteiger partial charge is 0.451 e. The molecule has 2 aromatic carbocycles. The van der Waals surface area contributed by atoms with Crippen LogP contribution in [0.25, 0.3) is 11.1 Å². The third-order valence-electron chi connectivity index (χ3n) is 5.53. The molecule has 4 N–H and O–H groups in total.